The fourth-order valence-corrected chi connectivity index (χ4v) is 10.6. The molecular formula is C28H45N6O18P3S. The average Bonchev–Trinajstić information content (AvgIpc) is 3.73. The molecule has 4 amide bonds. The van der Waals surface area contributed by atoms with Crippen LogP contribution in [0, 0.1) is 0 Å². The predicted octanol–water partition coefficient (Wildman–Crippen LogP) is -0.969. The van der Waals surface area contributed by atoms with Gasteiger partial charge in [0.1, 0.15) is 18.3 Å². The number of carbonyl (C=O) groups excluding carboxylic acids is 3. The first-order chi connectivity index (χ1) is 26.2. The predicted molar refractivity (Wildman–Crippen MR) is 195 cm³/mol. The number of urea groups is 1. The van der Waals surface area contributed by atoms with Crippen molar-refractivity contribution in [2.75, 3.05) is 25.4 Å². The number of hydrogen-bond donors (Lipinski definition) is 11. The Morgan fingerprint density at radius 2 is 1.62 bits per heavy atom. The molecule has 0 spiro atoms. The third kappa shape index (κ3) is 14.3. The molecule has 4 heterocycles. The van der Waals surface area contributed by atoms with Crippen molar-refractivity contribution in [2.24, 2.45) is 0 Å². The van der Waals surface area contributed by atoms with Gasteiger partial charge in [-0.2, -0.15) is 20.4 Å². The lowest BCUT2D eigenvalue weighted by Gasteiger charge is -2.19. The number of aliphatic hydroxyl groups excluding tert-OH is 2. The van der Waals surface area contributed by atoms with E-state index < -0.39 is 65.9 Å². The molecule has 0 radical (unpaired) electrons. The maximum Gasteiger partial charge on any atom is 0.490 e. The number of amides is 4. The highest BCUT2D eigenvalue weighted by molar-refractivity contribution is 8.00. The lowest BCUT2D eigenvalue weighted by atomic mass is 10.0. The average molecular weight is 879 g/mol. The number of nitrogens with zero attached hydrogens (tertiary/aromatic N) is 1. The highest BCUT2D eigenvalue weighted by Gasteiger charge is 2.47. The maximum atomic E-state index is 12.5. The number of fused-ring (bicyclic) bond motifs is 1. The highest BCUT2D eigenvalue weighted by Crippen LogP contribution is 2.66. The Hall–Kier alpha value is -2.73. The number of aromatic amines is 1. The van der Waals surface area contributed by atoms with Crippen LogP contribution in [-0.2, 0) is 41.2 Å². The Labute approximate surface area is 322 Å². The van der Waals surface area contributed by atoms with Crippen molar-refractivity contribution in [3.05, 3.63) is 38.7 Å². The van der Waals surface area contributed by atoms with Crippen LogP contribution in [-0.4, -0.2) is 118 Å². The van der Waals surface area contributed by atoms with Gasteiger partial charge in [0.15, 0.2) is 6.23 Å². The molecule has 1 aromatic rings. The smallest absolute Gasteiger partial charge is 0.387 e. The number of ether oxygens (including phenoxy) is 1. The van der Waals surface area contributed by atoms with Gasteiger partial charge < -0.3 is 55.8 Å². The SMILES string of the molecule is O=C(CCCCCNC(=O)CCCCC1SCC2NC(=O)NC21)NC/C=C/c1cn(C2OC(COP(=O)(O)OP(=O)(O)OP(=O)(O)O)C(O)C2O)c(=O)[nH]c1=O. The van der Waals surface area contributed by atoms with Gasteiger partial charge in [0.2, 0.25) is 11.8 Å². The van der Waals surface area contributed by atoms with Crippen molar-refractivity contribution in [3.8, 4) is 0 Å². The third-order valence-corrected chi connectivity index (χ3v) is 13.9. The van der Waals surface area contributed by atoms with E-state index in [9.17, 15) is 57.7 Å². The number of phosphoric acid groups is 3. The van der Waals surface area contributed by atoms with E-state index in [2.05, 4.69) is 34.4 Å². The minimum Gasteiger partial charge on any atom is -0.387 e. The van der Waals surface area contributed by atoms with E-state index in [-0.39, 0.29) is 48.5 Å². The molecule has 56 heavy (non-hydrogen) atoms. The summed E-state index contributed by atoms with van der Waals surface area (Å²) in [6.07, 6.45) is 1.67. The summed E-state index contributed by atoms with van der Waals surface area (Å²) in [6.45, 7) is -0.627. The van der Waals surface area contributed by atoms with Gasteiger partial charge in [-0.25, -0.2) is 23.3 Å². The zero-order valence-electron chi connectivity index (χ0n) is 29.5. The molecule has 11 N–H and O–H groups in total. The first-order valence-corrected chi connectivity index (χ1v) is 22.8. The third-order valence-electron chi connectivity index (χ3n) is 8.62. The van der Waals surface area contributed by atoms with Crippen LogP contribution in [0.3, 0.4) is 0 Å². The molecule has 4 rings (SSSR count). The molecule has 3 saturated heterocycles. The molecule has 3 fully saturated rings. The number of aromatic nitrogens is 2. The molecule has 0 saturated carbocycles. The Morgan fingerprint density at radius 1 is 0.929 bits per heavy atom. The van der Waals surface area contributed by atoms with E-state index in [1.807, 2.05) is 16.7 Å². The van der Waals surface area contributed by atoms with E-state index in [4.69, 9.17) is 14.5 Å². The first kappa shape index (κ1) is 46.0. The van der Waals surface area contributed by atoms with Crippen LogP contribution in [0.2, 0.25) is 0 Å². The fraction of sp³-hybridized carbons (Fsp3) is 0.679. The number of unbranched alkanes of at least 4 members (excludes halogenated alkanes) is 3. The fourth-order valence-electron chi connectivity index (χ4n) is 6.00. The summed E-state index contributed by atoms with van der Waals surface area (Å²) in [5.74, 6) is 0.599. The molecule has 28 heteroatoms. The Kier molecular flexibility index (Phi) is 16.7. The van der Waals surface area contributed by atoms with Crippen LogP contribution in [0.4, 0.5) is 4.79 Å². The number of H-pyrrole nitrogens is 1. The van der Waals surface area contributed by atoms with Crippen molar-refractivity contribution >= 4 is 59.2 Å². The van der Waals surface area contributed by atoms with Crippen LogP contribution >= 0.6 is 35.2 Å². The van der Waals surface area contributed by atoms with Crippen LogP contribution in [0.1, 0.15) is 63.2 Å². The zero-order chi connectivity index (χ0) is 41.3. The van der Waals surface area contributed by atoms with Crippen molar-refractivity contribution in [1.29, 1.82) is 0 Å². The molecule has 24 nitrogen and oxygen atoms in total. The molecule has 9 atom stereocenters. The van der Waals surface area contributed by atoms with E-state index in [0.717, 1.165) is 31.2 Å². The van der Waals surface area contributed by atoms with Gasteiger partial charge in [-0.1, -0.05) is 25.0 Å². The molecule has 3 aliphatic rings. The zero-order valence-corrected chi connectivity index (χ0v) is 33.0. The highest BCUT2D eigenvalue weighted by atomic mass is 32.2. The monoisotopic (exact) mass is 878 g/mol. The number of phosphoric ester groups is 1. The van der Waals surface area contributed by atoms with Gasteiger partial charge in [-0.3, -0.25) is 28.5 Å². The number of thioether (sulfide) groups is 1. The quantitative estimate of drug-likeness (QED) is 0.0379. The summed E-state index contributed by atoms with van der Waals surface area (Å²) in [6, 6.07) is 0.214. The normalized spacial score (nSPS) is 27.0. The van der Waals surface area contributed by atoms with Gasteiger partial charge in [0.25, 0.3) is 5.56 Å². The molecular weight excluding hydrogens is 833 g/mol. The van der Waals surface area contributed by atoms with Crippen LogP contribution in [0.5, 0.6) is 0 Å². The number of nitrogens with one attached hydrogen (secondary N) is 5. The van der Waals surface area contributed by atoms with Crippen molar-refractivity contribution in [2.45, 2.75) is 93.2 Å². The molecule has 3 aliphatic heterocycles. The van der Waals surface area contributed by atoms with Crippen molar-refractivity contribution in [1.82, 2.24) is 30.8 Å². The molecule has 316 valence electrons. The minimum atomic E-state index is -5.82. The number of hydrogen-bond acceptors (Lipinski definition) is 15. The summed E-state index contributed by atoms with van der Waals surface area (Å²) in [4.78, 5) is 98.9. The largest absolute Gasteiger partial charge is 0.490 e. The van der Waals surface area contributed by atoms with Gasteiger partial charge in [-0.15, -0.1) is 0 Å². The molecule has 0 aliphatic carbocycles. The summed E-state index contributed by atoms with van der Waals surface area (Å²) < 4.78 is 51.9. The van der Waals surface area contributed by atoms with Crippen LogP contribution in [0.25, 0.3) is 6.08 Å². The minimum absolute atomic E-state index is 0.00356. The second-order valence-corrected chi connectivity index (χ2v) is 18.6. The summed E-state index contributed by atoms with van der Waals surface area (Å²) >= 11 is 1.84. The second kappa shape index (κ2) is 20.3. The standard InChI is InChI=1S/C28H45N6O18P3S/c35-20(9-2-1-5-11-29-21(36)10-4-3-8-19-22-17(15-56-19)31-27(40)32-22)30-12-6-7-16-13-34(28(41)33-25(16)39)26-24(38)23(37)18(50-26)14-49-54(45,46)52-55(47,48)51-53(42,43)44/h6-7,13,17-19,22-24,26,37-38H,1-5,8-12,14-15H2,(H,29,36)(H,30,35)(H,45,46)(H,47,48)(H2,31,32,40)(H,33,39,41)(H2,42,43,44)/b7-6+. The van der Waals surface area contributed by atoms with Gasteiger partial charge in [-0.05, 0) is 25.7 Å². The maximum absolute atomic E-state index is 12.5. The number of aliphatic hydroxyl groups is 2. The molecule has 1 aromatic heterocycles. The molecule has 9 unspecified atom stereocenters. The Balaban J connectivity index is 1.12. The van der Waals surface area contributed by atoms with Gasteiger partial charge in [0, 0.05) is 43.1 Å². The van der Waals surface area contributed by atoms with Gasteiger partial charge >= 0.3 is 35.2 Å². The van der Waals surface area contributed by atoms with Crippen LogP contribution in [0.15, 0.2) is 21.9 Å². The van der Waals surface area contributed by atoms with Gasteiger partial charge in [0.05, 0.1) is 24.3 Å². The van der Waals surface area contributed by atoms with E-state index >= 15 is 0 Å². The lowest BCUT2D eigenvalue weighted by molar-refractivity contribution is -0.122. The van der Waals surface area contributed by atoms with Crippen molar-refractivity contribution in [3.63, 3.8) is 0 Å². The van der Waals surface area contributed by atoms with E-state index in [1.165, 1.54) is 12.2 Å². The van der Waals surface area contributed by atoms with E-state index in [1.54, 1.807) is 0 Å². The number of carbonyl (C=O) groups is 3. The molecule has 0 aromatic carbocycles. The topological polar surface area (TPSA) is 364 Å². The second-order valence-electron chi connectivity index (χ2n) is 12.9. The summed E-state index contributed by atoms with van der Waals surface area (Å²) in [7, 11) is -17.1. The summed E-state index contributed by atoms with van der Waals surface area (Å²) in [5.41, 5.74) is -2.07. The van der Waals surface area contributed by atoms with Crippen molar-refractivity contribution < 1.29 is 75.7 Å². The number of rotatable bonds is 22. The Morgan fingerprint density at radius 3 is 2.34 bits per heavy atom. The van der Waals surface area contributed by atoms with E-state index in [0.29, 0.717) is 42.0 Å². The van der Waals surface area contributed by atoms with Crippen LogP contribution < -0.4 is 32.5 Å². The molecule has 0 bridgehead atoms. The Bertz CT molecular complexity index is 1860. The first-order valence-electron chi connectivity index (χ1n) is 17.3. The lowest BCUT2D eigenvalue weighted by Crippen LogP contribution is -2.38. The summed E-state index contributed by atoms with van der Waals surface area (Å²) in [5, 5.41) is 32.6.